The first-order valence-corrected chi connectivity index (χ1v) is 14.4. The molecule has 0 unspecified atom stereocenters. The van der Waals surface area contributed by atoms with Gasteiger partial charge in [-0.2, -0.15) is 0 Å². The second kappa shape index (κ2) is 14.0. The van der Waals surface area contributed by atoms with Crippen LogP contribution in [0.1, 0.15) is 72.8 Å². The van der Waals surface area contributed by atoms with Crippen molar-refractivity contribution < 1.29 is 13.9 Å². The molecule has 4 aromatic rings. The first kappa shape index (κ1) is 30.6. The smallest absolute Gasteiger partial charge is 0.270 e. The van der Waals surface area contributed by atoms with Crippen LogP contribution in [0.4, 0.5) is 10.2 Å². The molecule has 41 heavy (non-hydrogen) atoms. The van der Waals surface area contributed by atoms with Crippen molar-refractivity contribution >= 4 is 41.4 Å². The minimum absolute atomic E-state index is 0. The number of aromatic nitrogens is 3. The molecule has 1 aliphatic heterocycles. The Hall–Kier alpha value is -3.36. The van der Waals surface area contributed by atoms with Crippen molar-refractivity contribution in [2.45, 2.75) is 58.4 Å². The average Bonchev–Trinajstić information content (AvgIpc) is 3.34. The van der Waals surface area contributed by atoms with Gasteiger partial charge in [0.25, 0.3) is 5.91 Å². The Kier molecular flexibility index (Phi) is 10.5. The number of amides is 1. The summed E-state index contributed by atoms with van der Waals surface area (Å²) in [4.78, 5) is 24.4. The topological polar surface area (TPSA) is 71.8 Å². The molecule has 0 bridgehead atoms. The second-order valence-electron chi connectivity index (χ2n) is 10.2. The van der Waals surface area contributed by atoms with Gasteiger partial charge in [-0.05, 0) is 73.1 Å². The van der Waals surface area contributed by atoms with Gasteiger partial charge in [-0.15, -0.1) is 12.4 Å². The quantitative estimate of drug-likeness (QED) is 0.199. The van der Waals surface area contributed by atoms with Gasteiger partial charge in [0.1, 0.15) is 28.7 Å². The number of rotatable bonds is 10. The summed E-state index contributed by atoms with van der Waals surface area (Å²) in [7, 11) is 0. The summed E-state index contributed by atoms with van der Waals surface area (Å²) in [5.74, 6) is 1.36. The van der Waals surface area contributed by atoms with Crippen molar-refractivity contribution in [3.63, 3.8) is 0 Å². The molecule has 0 radical (unpaired) electrons. The fraction of sp³-hybridized carbons (Fsp3) is 0.387. The summed E-state index contributed by atoms with van der Waals surface area (Å²) >= 11 is 6.15. The molecule has 0 saturated carbocycles. The predicted octanol–water partition coefficient (Wildman–Crippen LogP) is 7.00. The molecule has 1 aromatic carbocycles. The zero-order valence-electron chi connectivity index (χ0n) is 23.4. The van der Waals surface area contributed by atoms with E-state index in [4.69, 9.17) is 16.3 Å². The molecule has 5 rings (SSSR count). The van der Waals surface area contributed by atoms with E-state index in [-0.39, 0.29) is 36.6 Å². The van der Waals surface area contributed by atoms with Crippen LogP contribution < -0.4 is 15.0 Å². The lowest BCUT2D eigenvalue weighted by molar-refractivity contribution is 0.0944. The normalized spacial score (nSPS) is 13.7. The molecule has 3 aromatic heterocycles. The van der Waals surface area contributed by atoms with Crippen molar-refractivity contribution in [3.05, 3.63) is 88.2 Å². The highest BCUT2D eigenvalue weighted by Gasteiger charge is 2.24. The molecule has 0 spiro atoms. The molecule has 7 nitrogen and oxygen atoms in total. The Morgan fingerprint density at radius 2 is 1.95 bits per heavy atom. The number of piperidine rings is 1. The maximum atomic E-state index is 15.2. The van der Waals surface area contributed by atoms with Gasteiger partial charge in [-0.25, -0.2) is 14.4 Å². The van der Waals surface area contributed by atoms with Crippen LogP contribution in [0, 0.1) is 5.82 Å². The Balaban J connectivity index is 0.00000387. The van der Waals surface area contributed by atoms with E-state index >= 15 is 4.39 Å². The average molecular weight is 601 g/mol. The zero-order chi connectivity index (χ0) is 28.1. The van der Waals surface area contributed by atoms with Gasteiger partial charge in [-0.1, -0.05) is 44.0 Å². The van der Waals surface area contributed by atoms with E-state index in [1.165, 1.54) is 6.07 Å². The molecule has 1 amide bonds. The SMILES string of the molecule is CCCCOc1ccc(N2CCC(c3ccc(CNC(=O)c4c(CC)nc5ccc(Cl)cn45)cc3F)CC2)nc1.Cl. The van der Waals surface area contributed by atoms with Crippen molar-refractivity contribution in [1.29, 1.82) is 0 Å². The number of fused-ring (bicyclic) bond motifs is 1. The van der Waals surface area contributed by atoms with Gasteiger partial charge >= 0.3 is 0 Å². The monoisotopic (exact) mass is 599 g/mol. The van der Waals surface area contributed by atoms with E-state index in [2.05, 4.69) is 27.1 Å². The van der Waals surface area contributed by atoms with Crippen molar-refractivity contribution in [2.75, 3.05) is 24.6 Å². The number of benzene rings is 1. The van der Waals surface area contributed by atoms with Gasteiger partial charge < -0.3 is 15.0 Å². The van der Waals surface area contributed by atoms with Crippen LogP contribution in [0.25, 0.3) is 5.65 Å². The number of pyridine rings is 2. The lowest BCUT2D eigenvalue weighted by Crippen LogP contribution is -2.33. The summed E-state index contributed by atoms with van der Waals surface area (Å²) in [6.45, 7) is 6.64. The molecular weight excluding hydrogens is 564 g/mol. The van der Waals surface area contributed by atoms with Gasteiger partial charge in [0.2, 0.25) is 0 Å². The van der Waals surface area contributed by atoms with Crippen LogP contribution in [0.2, 0.25) is 5.02 Å². The van der Waals surface area contributed by atoms with Crippen LogP contribution >= 0.6 is 24.0 Å². The first-order chi connectivity index (χ1) is 19.5. The van der Waals surface area contributed by atoms with Crippen LogP contribution in [0.3, 0.4) is 0 Å². The Labute approximate surface area is 251 Å². The standard InChI is InChI=1S/C31H35ClFN5O2.ClH/c1-3-5-16-40-24-8-11-28(34-19-24)37-14-12-22(13-15-37)25-9-6-21(17-26(25)33)18-35-31(39)30-27(4-2)36-29-10-7-23(32)20-38(29)30;/h6-11,17,19-20,22H,3-5,12-16,18H2,1-2H3,(H,35,39);1H. The van der Waals surface area contributed by atoms with Gasteiger partial charge in [0, 0.05) is 25.8 Å². The molecule has 1 saturated heterocycles. The van der Waals surface area contributed by atoms with Crippen LogP contribution in [0.15, 0.2) is 54.9 Å². The predicted molar refractivity (Wildman–Crippen MR) is 163 cm³/mol. The first-order valence-electron chi connectivity index (χ1n) is 14.0. The third-order valence-corrected chi connectivity index (χ3v) is 7.69. The lowest BCUT2D eigenvalue weighted by Gasteiger charge is -2.33. The van der Waals surface area contributed by atoms with E-state index in [1.807, 2.05) is 31.2 Å². The summed E-state index contributed by atoms with van der Waals surface area (Å²) in [5, 5.41) is 3.44. The number of hydrogen-bond acceptors (Lipinski definition) is 5. The molecule has 4 heterocycles. The number of unbranched alkanes of at least 4 members (excludes halogenated alkanes) is 1. The van der Waals surface area contributed by atoms with E-state index in [9.17, 15) is 4.79 Å². The fourth-order valence-electron chi connectivity index (χ4n) is 5.23. The fourth-order valence-corrected chi connectivity index (χ4v) is 5.39. The van der Waals surface area contributed by atoms with Crippen LogP contribution in [-0.4, -0.2) is 40.0 Å². The summed E-state index contributed by atoms with van der Waals surface area (Å²) in [5.41, 5.74) is 3.25. The molecule has 1 fully saturated rings. The molecule has 218 valence electrons. The molecule has 0 aliphatic carbocycles. The summed E-state index contributed by atoms with van der Waals surface area (Å²) in [6.07, 6.45) is 7.90. The molecule has 1 N–H and O–H groups in total. The molecule has 1 aliphatic rings. The Bertz CT molecular complexity index is 1470. The van der Waals surface area contributed by atoms with Crippen LogP contribution in [-0.2, 0) is 13.0 Å². The minimum Gasteiger partial charge on any atom is -0.492 e. The molecule has 10 heteroatoms. The third kappa shape index (κ3) is 7.11. The van der Waals surface area contributed by atoms with Crippen molar-refractivity contribution in [2.24, 2.45) is 0 Å². The number of hydrogen-bond donors (Lipinski definition) is 1. The highest BCUT2D eigenvalue weighted by Crippen LogP contribution is 2.32. The number of ether oxygens (including phenoxy) is 1. The number of aryl methyl sites for hydroxylation is 1. The number of nitrogens with zero attached hydrogens (tertiary/aromatic N) is 4. The van der Waals surface area contributed by atoms with E-state index < -0.39 is 0 Å². The van der Waals surface area contributed by atoms with Crippen molar-refractivity contribution in [3.8, 4) is 5.75 Å². The van der Waals surface area contributed by atoms with Gasteiger partial charge in [0.05, 0.1) is 23.5 Å². The number of carbonyl (C=O) groups excluding carboxylic acids is 1. The largest absolute Gasteiger partial charge is 0.492 e. The Morgan fingerprint density at radius 1 is 1.15 bits per heavy atom. The minimum atomic E-state index is -0.266. The summed E-state index contributed by atoms with van der Waals surface area (Å²) < 4.78 is 22.6. The van der Waals surface area contributed by atoms with Crippen molar-refractivity contribution in [1.82, 2.24) is 19.7 Å². The zero-order valence-corrected chi connectivity index (χ0v) is 25.0. The maximum absolute atomic E-state index is 15.2. The van der Waals surface area contributed by atoms with Gasteiger partial charge in [0.15, 0.2) is 0 Å². The number of halogens is 3. The van der Waals surface area contributed by atoms with E-state index in [0.717, 1.165) is 55.9 Å². The van der Waals surface area contributed by atoms with Gasteiger partial charge in [-0.3, -0.25) is 9.20 Å². The third-order valence-electron chi connectivity index (χ3n) is 7.47. The summed E-state index contributed by atoms with van der Waals surface area (Å²) in [6, 6.07) is 12.8. The number of anilines is 1. The van der Waals surface area contributed by atoms with E-state index in [0.29, 0.717) is 40.6 Å². The number of imidazole rings is 1. The van der Waals surface area contributed by atoms with E-state index in [1.54, 1.807) is 28.9 Å². The second-order valence-corrected chi connectivity index (χ2v) is 10.6. The number of carbonyl (C=O) groups is 1. The highest BCUT2D eigenvalue weighted by molar-refractivity contribution is 6.30. The maximum Gasteiger partial charge on any atom is 0.270 e. The molecule has 0 atom stereocenters. The Morgan fingerprint density at radius 3 is 2.63 bits per heavy atom. The highest BCUT2D eigenvalue weighted by atomic mass is 35.5. The molecular formula is C31H36Cl2FN5O2. The lowest BCUT2D eigenvalue weighted by atomic mass is 9.88. The van der Waals surface area contributed by atoms with Crippen LogP contribution in [0.5, 0.6) is 5.75 Å². The number of nitrogens with one attached hydrogen (secondary N) is 1.